The van der Waals surface area contributed by atoms with Crippen LogP contribution in [0, 0.1) is 0 Å². The lowest BCUT2D eigenvalue weighted by Gasteiger charge is -2.16. The van der Waals surface area contributed by atoms with E-state index >= 15 is 0 Å². The van der Waals surface area contributed by atoms with Gasteiger partial charge in [-0.2, -0.15) is 0 Å². The third-order valence-electron chi connectivity index (χ3n) is 3.42. The molecule has 0 saturated carbocycles. The summed E-state index contributed by atoms with van der Waals surface area (Å²) in [6.45, 7) is 0.0771. The van der Waals surface area contributed by atoms with Crippen molar-refractivity contribution in [1.29, 1.82) is 0 Å². The summed E-state index contributed by atoms with van der Waals surface area (Å²) in [4.78, 5) is 23.3. The van der Waals surface area contributed by atoms with E-state index < -0.39 is 18.1 Å². The highest BCUT2D eigenvalue weighted by atomic mass is 16.5. The van der Waals surface area contributed by atoms with Gasteiger partial charge in [0.15, 0.2) is 0 Å². The molecule has 2 rings (SSSR count). The van der Waals surface area contributed by atoms with Crippen molar-refractivity contribution in [3.63, 3.8) is 0 Å². The Hall–Kier alpha value is -3.02. The monoisotopic (exact) mass is 329 g/mol. The van der Waals surface area contributed by atoms with Gasteiger partial charge in [0.1, 0.15) is 18.4 Å². The van der Waals surface area contributed by atoms with E-state index in [0.29, 0.717) is 11.3 Å². The summed E-state index contributed by atoms with van der Waals surface area (Å²) < 4.78 is 10.3. The molecule has 2 N–H and O–H groups in total. The normalized spacial score (nSPS) is 11.4. The topological polar surface area (TPSA) is 84.9 Å². The van der Waals surface area contributed by atoms with Crippen LogP contribution in [0.2, 0.25) is 0 Å². The predicted octanol–water partition coefficient (Wildman–Crippen LogP) is 2.62. The average Bonchev–Trinajstić information content (AvgIpc) is 2.60. The molecule has 2 aromatic carbocycles. The molecular formula is C18H19NO5. The van der Waals surface area contributed by atoms with Gasteiger partial charge in [0.25, 0.3) is 0 Å². The van der Waals surface area contributed by atoms with Crippen LogP contribution in [0.15, 0.2) is 54.6 Å². The van der Waals surface area contributed by atoms with Gasteiger partial charge in [-0.05, 0) is 17.2 Å². The fourth-order valence-electron chi connectivity index (χ4n) is 2.20. The molecular weight excluding hydrogens is 310 g/mol. The molecule has 0 aromatic heterocycles. The van der Waals surface area contributed by atoms with Crippen molar-refractivity contribution >= 4 is 12.1 Å². The zero-order chi connectivity index (χ0) is 17.4. The first-order chi connectivity index (χ1) is 11.6. The molecule has 2 aromatic rings. The van der Waals surface area contributed by atoms with Crippen molar-refractivity contribution < 1.29 is 24.2 Å². The van der Waals surface area contributed by atoms with Crippen molar-refractivity contribution in [3.8, 4) is 5.75 Å². The molecule has 0 fully saturated rings. The predicted molar refractivity (Wildman–Crippen MR) is 87.9 cm³/mol. The van der Waals surface area contributed by atoms with Gasteiger partial charge in [0.05, 0.1) is 7.11 Å². The van der Waals surface area contributed by atoms with Crippen molar-refractivity contribution in [2.45, 2.75) is 19.1 Å². The van der Waals surface area contributed by atoms with Crippen LogP contribution in [0.5, 0.6) is 5.75 Å². The number of carboxylic acids is 1. The molecule has 0 aliphatic rings. The van der Waals surface area contributed by atoms with Gasteiger partial charge >= 0.3 is 12.1 Å². The van der Waals surface area contributed by atoms with Gasteiger partial charge in [-0.15, -0.1) is 0 Å². The minimum atomic E-state index is -1.14. The number of carboxylic acid groups (broad SMARTS) is 1. The van der Waals surface area contributed by atoms with E-state index in [4.69, 9.17) is 9.47 Å². The van der Waals surface area contributed by atoms with Gasteiger partial charge in [0, 0.05) is 6.42 Å². The Morgan fingerprint density at radius 3 is 2.42 bits per heavy atom. The van der Waals surface area contributed by atoms with Crippen molar-refractivity contribution in [1.82, 2.24) is 5.32 Å². The van der Waals surface area contributed by atoms with Crippen LogP contribution in [0.4, 0.5) is 4.79 Å². The first-order valence-corrected chi connectivity index (χ1v) is 7.42. The number of carbonyl (C=O) groups excluding carboxylic acids is 1. The zero-order valence-electron chi connectivity index (χ0n) is 13.3. The molecule has 1 amide bonds. The average molecular weight is 329 g/mol. The fourth-order valence-corrected chi connectivity index (χ4v) is 2.20. The molecule has 126 valence electrons. The van der Waals surface area contributed by atoms with E-state index in [9.17, 15) is 14.7 Å². The fraction of sp³-hybridized carbons (Fsp3) is 0.222. The third kappa shape index (κ3) is 5.01. The maximum atomic E-state index is 11.8. The Bertz CT molecular complexity index is 687. The van der Waals surface area contributed by atoms with Crippen LogP contribution in [-0.4, -0.2) is 30.3 Å². The Morgan fingerprint density at radius 1 is 1.08 bits per heavy atom. The second kappa shape index (κ2) is 8.57. The lowest BCUT2D eigenvalue weighted by atomic mass is 10.1. The van der Waals surface area contributed by atoms with Crippen LogP contribution in [0.25, 0.3) is 0 Å². The number of nitrogens with one attached hydrogen (secondary N) is 1. The number of amides is 1. The number of ether oxygens (including phenoxy) is 2. The number of hydrogen-bond acceptors (Lipinski definition) is 4. The molecule has 0 aliphatic heterocycles. The summed E-state index contributed by atoms with van der Waals surface area (Å²) in [6, 6.07) is 15.1. The third-order valence-corrected chi connectivity index (χ3v) is 3.42. The van der Waals surface area contributed by atoms with E-state index in [-0.39, 0.29) is 13.0 Å². The molecule has 0 bridgehead atoms. The second-order valence-electron chi connectivity index (χ2n) is 5.11. The first kappa shape index (κ1) is 17.3. The van der Waals surface area contributed by atoms with E-state index in [2.05, 4.69) is 5.32 Å². The van der Waals surface area contributed by atoms with Gasteiger partial charge in [-0.1, -0.05) is 48.5 Å². The molecule has 0 unspecified atom stereocenters. The summed E-state index contributed by atoms with van der Waals surface area (Å²) in [5.41, 5.74) is 1.51. The first-order valence-electron chi connectivity index (χ1n) is 7.42. The number of para-hydroxylation sites is 1. The highest BCUT2D eigenvalue weighted by Crippen LogP contribution is 2.19. The minimum absolute atomic E-state index is 0.0771. The van der Waals surface area contributed by atoms with Crippen molar-refractivity contribution in [2.24, 2.45) is 0 Å². The summed E-state index contributed by atoms with van der Waals surface area (Å²) in [6.07, 6.45) is -0.680. The molecule has 6 heteroatoms. The van der Waals surface area contributed by atoms with E-state index in [1.54, 1.807) is 24.3 Å². The summed E-state index contributed by atoms with van der Waals surface area (Å²) in [7, 11) is 1.51. The number of rotatable bonds is 7. The molecule has 0 saturated heterocycles. The number of methoxy groups -OCH3 is 1. The zero-order valence-corrected chi connectivity index (χ0v) is 13.3. The molecule has 1 atom stereocenters. The summed E-state index contributed by atoms with van der Waals surface area (Å²) in [5, 5.41) is 11.7. The number of benzene rings is 2. The maximum absolute atomic E-state index is 11.8. The lowest BCUT2D eigenvalue weighted by molar-refractivity contribution is -0.139. The molecule has 0 spiro atoms. The molecule has 24 heavy (non-hydrogen) atoms. The van der Waals surface area contributed by atoms with Crippen LogP contribution in [0.3, 0.4) is 0 Å². The molecule has 0 radical (unpaired) electrons. The number of alkyl carbamates (subject to hydrolysis) is 1. The van der Waals surface area contributed by atoms with Crippen molar-refractivity contribution in [2.75, 3.05) is 7.11 Å². The highest BCUT2D eigenvalue weighted by Gasteiger charge is 2.22. The summed E-state index contributed by atoms with van der Waals surface area (Å²) >= 11 is 0. The van der Waals surface area contributed by atoms with E-state index in [0.717, 1.165) is 5.56 Å². The summed E-state index contributed by atoms with van der Waals surface area (Å²) in [5.74, 6) is -0.569. The van der Waals surface area contributed by atoms with E-state index in [1.807, 2.05) is 30.3 Å². The van der Waals surface area contributed by atoms with Crippen LogP contribution in [-0.2, 0) is 22.6 Å². The smallest absolute Gasteiger partial charge is 0.408 e. The lowest BCUT2D eigenvalue weighted by Crippen LogP contribution is -2.42. The minimum Gasteiger partial charge on any atom is -0.496 e. The van der Waals surface area contributed by atoms with Crippen LogP contribution >= 0.6 is 0 Å². The van der Waals surface area contributed by atoms with E-state index in [1.165, 1.54) is 7.11 Å². The standard InChI is InChI=1S/C18H19NO5/c1-23-16-10-6-5-9-14(16)11-15(17(20)21)19-18(22)24-12-13-7-3-2-4-8-13/h2-10,15H,11-12H2,1H3,(H,19,22)(H,20,21)/t15-/m0/s1. The Labute approximate surface area is 140 Å². The van der Waals surface area contributed by atoms with Gasteiger partial charge in [-0.3, -0.25) is 0 Å². The number of aliphatic carboxylic acids is 1. The molecule has 0 heterocycles. The second-order valence-corrected chi connectivity index (χ2v) is 5.11. The quantitative estimate of drug-likeness (QED) is 0.815. The van der Waals surface area contributed by atoms with Gasteiger partial charge in [-0.25, -0.2) is 9.59 Å². The van der Waals surface area contributed by atoms with Crippen LogP contribution in [0.1, 0.15) is 11.1 Å². The largest absolute Gasteiger partial charge is 0.496 e. The maximum Gasteiger partial charge on any atom is 0.408 e. The SMILES string of the molecule is COc1ccccc1C[C@H](NC(=O)OCc1ccccc1)C(=O)O. The Morgan fingerprint density at radius 2 is 1.75 bits per heavy atom. The van der Waals surface area contributed by atoms with Crippen LogP contribution < -0.4 is 10.1 Å². The molecule has 0 aliphatic carbocycles. The number of hydrogen-bond donors (Lipinski definition) is 2. The Balaban J connectivity index is 1.95. The highest BCUT2D eigenvalue weighted by molar-refractivity contribution is 5.80. The number of carbonyl (C=O) groups is 2. The van der Waals surface area contributed by atoms with Crippen molar-refractivity contribution in [3.05, 3.63) is 65.7 Å². The Kier molecular flexibility index (Phi) is 6.19. The van der Waals surface area contributed by atoms with Gasteiger partial charge < -0.3 is 19.9 Å². The molecule has 6 nitrogen and oxygen atoms in total. The van der Waals surface area contributed by atoms with Gasteiger partial charge in [0.2, 0.25) is 0 Å².